The van der Waals surface area contributed by atoms with Crippen LogP contribution < -0.4 is 5.73 Å². The van der Waals surface area contributed by atoms with Crippen molar-refractivity contribution in [2.45, 2.75) is 26.4 Å². The number of nitrogens with one attached hydrogen (secondary N) is 2. The van der Waals surface area contributed by atoms with E-state index in [4.69, 9.17) is 11.1 Å². The molecule has 0 unspecified atom stereocenters. The predicted molar refractivity (Wildman–Crippen MR) is 110 cm³/mol. The van der Waals surface area contributed by atoms with E-state index in [1.807, 2.05) is 13.0 Å². The fraction of sp³-hybridized carbons (Fsp3) is 0.182. The van der Waals surface area contributed by atoms with Crippen LogP contribution in [-0.4, -0.2) is 20.6 Å². The van der Waals surface area contributed by atoms with Gasteiger partial charge in [-0.3, -0.25) is 5.41 Å². The van der Waals surface area contributed by atoms with Gasteiger partial charge in [0, 0.05) is 11.3 Å². The molecule has 2 heterocycles. The number of imidazole rings is 1. The van der Waals surface area contributed by atoms with Crippen LogP contribution >= 0.6 is 0 Å². The molecule has 1 aliphatic rings. The largest absolute Gasteiger partial charge is 0.398 e. The Kier molecular flexibility index (Phi) is 4.47. The first kappa shape index (κ1) is 18.0. The lowest BCUT2D eigenvalue weighted by Gasteiger charge is -2.12. The number of aromatic nitrogens is 2. The van der Waals surface area contributed by atoms with Crippen LogP contribution in [-0.2, 0) is 19.5 Å². The first-order chi connectivity index (χ1) is 13.5. The summed E-state index contributed by atoms with van der Waals surface area (Å²) in [6.07, 6.45) is 2.58. The van der Waals surface area contributed by atoms with E-state index in [1.54, 1.807) is 24.4 Å². The van der Waals surface area contributed by atoms with Crippen LogP contribution in [0.1, 0.15) is 35.3 Å². The van der Waals surface area contributed by atoms with Crippen molar-refractivity contribution in [3.8, 4) is 11.1 Å². The predicted octanol–water partition coefficient (Wildman–Crippen LogP) is 4.24. The number of aromatic amines is 1. The Bertz CT molecular complexity index is 1060. The van der Waals surface area contributed by atoms with E-state index in [-0.39, 0.29) is 11.5 Å². The number of anilines is 1. The smallest absolute Gasteiger partial charge is 0.156 e. The van der Waals surface area contributed by atoms with E-state index < -0.39 is 0 Å². The van der Waals surface area contributed by atoms with Crippen LogP contribution in [0.3, 0.4) is 0 Å². The topological polar surface area (TPSA) is 81.8 Å². The summed E-state index contributed by atoms with van der Waals surface area (Å²) in [7, 11) is 0. The van der Waals surface area contributed by atoms with Gasteiger partial charge in [-0.15, -0.1) is 0 Å². The minimum Gasteiger partial charge on any atom is -0.398 e. The van der Waals surface area contributed by atoms with E-state index in [2.05, 4.69) is 21.4 Å². The van der Waals surface area contributed by atoms with Gasteiger partial charge in [-0.1, -0.05) is 31.7 Å². The summed E-state index contributed by atoms with van der Waals surface area (Å²) in [5.74, 6) is 0.231. The third-order valence-electron chi connectivity index (χ3n) is 5.16. The summed E-state index contributed by atoms with van der Waals surface area (Å²) in [6, 6.07) is 10.3. The van der Waals surface area contributed by atoms with Gasteiger partial charge in [0.05, 0.1) is 24.5 Å². The zero-order valence-electron chi connectivity index (χ0n) is 15.7. The summed E-state index contributed by atoms with van der Waals surface area (Å²) >= 11 is 0. The van der Waals surface area contributed by atoms with Gasteiger partial charge in [-0.05, 0) is 47.5 Å². The van der Waals surface area contributed by atoms with E-state index in [9.17, 15) is 4.39 Å². The van der Waals surface area contributed by atoms with Gasteiger partial charge in [0.1, 0.15) is 11.5 Å². The molecule has 142 valence electrons. The fourth-order valence-electron chi connectivity index (χ4n) is 3.62. The van der Waals surface area contributed by atoms with E-state index in [0.29, 0.717) is 30.2 Å². The normalized spacial score (nSPS) is 12.9. The molecule has 0 spiro atoms. The SMILES string of the molecule is C=CN1Cc2nc(C(=N)c3ccc(-c4cc(F)ccc4CC)cc3N)[nH]c2C1. The summed E-state index contributed by atoms with van der Waals surface area (Å²) in [6.45, 7) is 7.22. The average molecular weight is 375 g/mol. The minimum absolute atomic E-state index is 0.249. The lowest BCUT2D eigenvalue weighted by atomic mass is 9.95. The highest BCUT2D eigenvalue weighted by Crippen LogP contribution is 2.29. The Hall–Kier alpha value is -3.41. The number of H-pyrrole nitrogens is 1. The maximum atomic E-state index is 13.7. The summed E-state index contributed by atoms with van der Waals surface area (Å²) in [5, 5.41) is 8.54. The number of nitrogens with zero attached hydrogens (tertiary/aromatic N) is 2. The summed E-state index contributed by atoms with van der Waals surface area (Å²) in [4.78, 5) is 9.83. The Balaban J connectivity index is 1.65. The van der Waals surface area contributed by atoms with Crippen LogP contribution in [0.15, 0.2) is 49.2 Å². The van der Waals surface area contributed by atoms with Crippen molar-refractivity contribution in [2.24, 2.45) is 0 Å². The van der Waals surface area contributed by atoms with Crippen molar-refractivity contribution in [1.82, 2.24) is 14.9 Å². The van der Waals surface area contributed by atoms with Gasteiger partial charge in [-0.25, -0.2) is 9.37 Å². The minimum atomic E-state index is -0.277. The van der Waals surface area contributed by atoms with E-state index in [1.165, 1.54) is 12.1 Å². The molecule has 3 aromatic rings. The number of nitrogens with two attached hydrogens (primary N) is 1. The van der Waals surface area contributed by atoms with Crippen molar-refractivity contribution < 1.29 is 4.39 Å². The van der Waals surface area contributed by atoms with Crippen molar-refractivity contribution in [2.75, 3.05) is 5.73 Å². The van der Waals surface area contributed by atoms with Crippen LogP contribution in [0.25, 0.3) is 11.1 Å². The molecule has 0 amide bonds. The maximum absolute atomic E-state index is 13.7. The van der Waals surface area contributed by atoms with Crippen molar-refractivity contribution in [3.63, 3.8) is 0 Å². The van der Waals surface area contributed by atoms with E-state index in [0.717, 1.165) is 34.5 Å². The molecular formula is C22H22FN5. The molecule has 6 heteroatoms. The average Bonchev–Trinajstić information content (AvgIpc) is 3.26. The Morgan fingerprint density at radius 1 is 1.32 bits per heavy atom. The zero-order valence-corrected chi connectivity index (χ0v) is 15.7. The van der Waals surface area contributed by atoms with Gasteiger partial charge in [-0.2, -0.15) is 0 Å². The van der Waals surface area contributed by atoms with Crippen molar-refractivity contribution in [1.29, 1.82) is 5.41 Å². The number of rotatable bonds is 5. The molecule has 1 aromatic heterocycles. The highest BCUT2D eigenvalue weighted by atomic mass is 19.1. The number of nitrogen functional groups attached to an aromatic ring is 1. The lowest BCUT2D eigenvalue weighted by molar-refractivity contribution is 0.394. The van der Waals surface area contributed by atoms with Gasteiger partial charge in [0.25, 0.3) is 0 Å². The van der Waals surface area contributed by atoms with Crippen LogP contribution in [0.2, 0.25) is 0 Å². The lowest BCUT2D eigenvalue weighted by Crippen LogP contribution is -2.11. The first-order valence-corrected chi connectivity index (χ1v) is 9.22. The fourth-order valence-corrected chi connectivity index (χ4v) is 3.62. The summed E-state index contributed by atoms with van der Waals surface area (Å²) in [5.41, 5.74) is 12.2. The molecule has 0 bridgehead atoms. The van der Waals surface area contributed by atoms with Crippen molar-refractivity contribution >= 4 is 11.4 Å². The molecule has 1 aliphatic heterocycles. The van der Waals surface area contributed by atoms with Gasteiger partial charge < -0.3 is 15.6 Å². The highest BCUT2D eigenvalue weighted by Gasteiger charge is 2.23. The van der Waals surface area contributed by atoms with Gasteiger partial charge in [0.2, 0.25) is 0 Å². The molecule has 5 nitrogen and oxygen atoms in total. The maximum Gasteiger partial charge on any atom is 0.156 e. The second-order valence-corrected chi connectivity index (χ2v) is 6.93. The Labute approximate surface area is 163 Å². The monoisotopic (exact) mass is 375 g/mol. The van der Waals surface area contributed by atoms with Gasteiger partial charge >= 0.3 is 0 Å². The van der Waals surface area contributed by atoms with Crippen LogP contribution in [0.5, 0.6) is 0 Å². The number of fused-ring (bicyclic) bond motifs is 1. The number of hydrogen-bond acceptors (Lipinski definition) is 4. The highest BCUT2D eigenvalue weighted by molar-refractivity contribution is 6.12. The third-order valence-corrected chi connectivity index (χ3v) is 5.16. The van der Waals surface area contributed by atoms with Crippen molar-refractivity contribution in [3.05, 3.63) is 83.3 Å². The Morgan fingerprint density at radius 3 is 2.82 bits per heavy atom. The number of hydrogen-bond donors (Lipinski definition) is 3. The molecule has 0 saturated carbocycles. The van der Waals surface area contributed by atoms with Crippen LogP contribution in [0, 0.1) is 11.2 Å². The number of benzene rings is 2. The molecule has 0 aliphatic carbocycles. The second kappa shape index (κ2) is 6.96. The molecule has 0 saturated heterocycles. The molecule has 0 atom stereocenters. The molecule has 4 N–H and O–H groups in total. The number of halogens is 1. The molecule has 28 heavy (non-hydrogen) atoms. The molecule has 0 fully saturated rings. The second-order valence-electron chi connectivity index (χ2n) is 6.93. The number of aryl methyl sites for hydroxylation is 1. The molecule has 0 radical (unpaired) electrons. The summed E-state index contributed by atoms with van der Waals surface area (Å²) < 4.78 is 13.7. The van der Waals surface area contributed by atoms with E-state index >= 15 is 0 Å². The molecule has 4 rings (SSSR count). The first-order valence-electron chi connectivity index (χ1n) is 9.22. The zero-order chi connectivity index (χ0) is 19.8. The standard InChI is InChI=1S/C22H22FN5/c1-3-13-5-7-15(23)10-17(13)14-6-8-16(18(24)9-14)21(25)22-26-19-11-28(4-2)12-20(19)27-22/h4-10,25H,2-3,11-12,24H2,1H3,(H,26,27). The third kappa shape index (κ3) is 3.07. The quantitative estimate of drug-likeness (QED) is 0.461. The molecule has 2 aromatic carbocycles. The van der Waals surface area contributed by atoms with Crippen LogP contribution in [0.4, 0.5) is 10.1 Å². The van der Waals surface area contributed by atoms with Gasteiger partial charge in [0.15, 0.2) is 5.82 Å². The Morgan fingerprint density at radius 2 is 2.14 bits per heavy atom. The molecular weight excluding hydrogens is 353 g/mol.